The Morgan fingerprint density at radius 2 is 1.93 bits per heavy atom. The van der Waals surface area contributed by atoms with Crippen molar-refractivity contribution >= 4 is 17.9 Å². The number of hydrogen-bond donors (Lipinski definition) is 0. The number of pyridine rings is 1. The fourth-order valence-corrected chi connectivity index (χ4v) is 2.04. The van der Waals surface area contributed by atoms with Crippen LogP contribution in [0.25, 0.3) is 11.5 Å². The van der Waals surface area contributed by atoms with Gasteiger partial charge in [0.25, 0.3) is 0 Å². The molecule has 1 amide bonds. The number of oxazole rings is 1. The minimum atomic E-state index is -4.68. The van der Waals surface area contributed by atoms with Crippen molar-refractivity contribution in [3.63, 3.8) is 0 Å². The second kappa shape index (κ2) is 7.87. The first kappa shape index (κ1) is 21.2. The largest absolute Gasteiger partial charge is 0.464 e. The topological polar surface area (TPSA) is 94.8 Å². The Balaban J connectivity index is 2.39. The number of nitrogens with zero attached hydrogens (tertiary/aromatic N) is 3. The highest BCUT2D eigenvalue weighted by atomic mass is 19.4. The number of ether oxygens (including phenoxy) is 2. The number of carbonyl (C=O) groups excluding carboxylic acids is 2. The summed E-state index contributed by atoms with van der Waals surface area (Å²) in [5.41, 5.74) is -0.915. The molecule has 0 N–H and O–H groups in total. The van der Waals surface area contributed by atoms with E-state index in [-0.39, 0.29) is 23.0 Å². The lowest BCUT2D eigenvalue weighted by molar-refractivity contribution is -0.119. The molecule has 28 heavy (non-hydrogen) atoms. The predicted molar refractivity (Wildman–Crippen MR) is 90.7 cm³/mol. The van der Waals surface area contributed by atoms with Gasteiger partial charge < -0.3 is 13.9 Å². The molecule has 2 heterocycles. The van der Waals surface area contributed by atoms with Crippen LogP contribution in [0.1, 0.15) is 31.3 Å². The van der Waals surface area contributed by atoms with Crippen LogP contribution < -0.4 is 4.90 Å². The highest BCUT2D eigenvalue weighted by Gasteiger charge is 2.36. The Labute approximate surface area is 158 Å². The maximum Gasteiger partial charge on any atom is 0.416 e. The average molecular weight is 401 g/mol. The van der Waals surface area contributed by atoms with E-state index in [1.807, 2.05) is 0 Å². The van der Waals surface area contributed by atoms with E-state index in [4.69, 9.17) is 9.15 Å². The van der Waals surface area contributed by atoms with Crippen molar-refractivity contribution in [2.75, 3.05) is 18.6 Å². The van der Waals surface area contributed by atoms with Crippen LogP contribution >= 0.6 is 0 Å². The minimum Gasteiger partial charge on any atom is -0.464 e. The van der Waals surface area contributed by atoms with E-state index in [2.05, 4.69) is 14.7 Å². The first-order valence-electron chi connectivity index (χ1n) is 7.97. The molecule has 0 saturated carbocycles. The molecule has 0 unspecified atom stereocenters. The van der Waals surface area contributed by atoms with Crippen molar-refractivity contribution in [2.24, 2.45) is 0 Å². The first-order chi connectivity index (χ1) is 12.9. The summed E-state index contributed by atoms with van der Waals surface area (Å²) in [5, 5.41) is 0. The molecule has 0 spiro atoms. The Hall–Kier alpha value is -3.11. The van der Waals surface area contributed by atoms with Crippen molar-refractivity contribution in [3.8, 4) is 11.5 Å². The van der Waals surface area contributed by atoms with E-state index >= 15 is 0 Å². The third-order valence-electron chi connectivity index (χ3n) is 3.12. The van der Waals surface area contributed by atoms with Gasteiger partial charge in [-0.2, -0.15) is 13.2 Å². The molecule has 0 fully saturated rings. The number of anilines is 1. The molecular weight excluding hydrogens is 383 g/mol. The third-order valence-corrected chi connectivity index (χ3v) is 3.12. The lowest BCUT2D eigenvalue weighted by atomic mass is 10.2. The van der Waals surface area contributed by atoms with Crippen LogP contribution in [-0.2, 0) is 9.47 Å². The summed E-state index contributed by atoms with van der Waals surface area (Å²) in [4.78, 5) is 31.8. The summed E-state index contributed by atoms with van der Waals surface area (Å²) < 4.78 is 53.6. The zero-order valence-electron chi connectivity index (χ0n) is 15.5. The molecule has 11 heteroatoms. The smallest absolute Gasteiger partial charge is 0.416 e. The molecule has 0 saturated heterocycles. The van der Waals surface area contributed by atoms with E-state index in [1.165, 1.54) is 39.1 Å². The van der Waals surface area contributed by atoms with Gasteiger partial charge >= 0.3 is 18.2 Å². The van der Waals surface area contributed by atoms with Crippen molar-refractivity contribution in [1.82, 2.24) is 9.97 Å². The quantitative estimate of drug-likeness (QED) is 0.719. The molecule has 0 bridgehead atoms. The summed E-state index contributed by atoms with van der Waals surface area (Å²) in [5.74, 6) is -1.11. The molecule has 0 aliphatic heterocycles. The van der Waals surface area contributed by atoms with Gasteiger partial charge in [0.1, 0.15) is 24.2 Å². The molecule has 152 valence electrons. The number of methoxy groups -OCH3 is 1. The molecular formula is C17H18F3N3O5. The van der Waals surface area contributed by atoms with Gasteiger partial charge in [0.2, 0.25) is 5.89 Å². The summed E-state index contributed by atoms with van der Waals surface area (Å²) in [6.07, 6.45) is -3.67. The second-order valence-corrected chi connectivity index (χ2v) is 6.61. The summed E-state index contributed by atoms with van der Waals surface area (Å²) >= 11 is 0. The van der Waals surface area contributed by atoms with Gasteiger partial charge in [-0.3, -0.25) is 4.90 Å². The van der Waals surface area contributed by atoms with Gasteiger partial charge in [-0.1, -0.05) is 0 Å². The van der Waals surface area contributed by atoms with Gasteiger partial charge in [0, 0.05) is 11.8 Å². The Morgan fingerprint density at radius 1 is 1.25 bits per heavy atom. The minimum absolute atomic E-state index is 0.0554. The maximum atomic E-state index is 13.0. The lowest BCUT2D eigenvalue weighted by Crippen LogP contribution is -2.42. The number of rotatable bonds is 4. The fourth-order valence-electron chi connectivity index (χ4n) is 2.04. The summed E-state index contributed by atoms with van der Waals surface area (Å²) in [6.45, 7) is 2.99. The number of aromatic nitrogens is 2. The van der Waals surface area contributed by atoms with Crippen LogP contribution in [0.5, 0.6) is 0 Å². The lowest BCUT2D eigenvalue weighted by Gasteiger charge is -2.27. The number of alkyl halides is 3. The van der Waals surface area contributed by atoms with Crippen LogP contribution in [0.3, 0.4) is 0 Å². The molecule has 0 aliphatic rings. The molecule has 8 nitrogen and oxygen atoms in total. The van der Waals surface area contributed by atoms with Gasteiger partial charge in [-0.05, 0) is 32.9 Å². The summed E-state index contributed by atoms with van der Waals surface area (Å²) in [6, 6.07) is 2.57. The number of carbonyl (C=O) groups is 2. The van der Waals surface area contributed by atoms with E-state index in [0.29, 0.717) is 4.90 Å². The first-order valence-corrected chi connectivity index (χ1v) is 7.97. The number of esters is 1. The van der Waals surface area contributed by atoms with Crippen molar-refractivity contribution < 1.29 is 36.7 Å². The molecule has 0 atom stereocenters. The molecule has 0 radical (unpaired) electrons. The summed E-state index contributed by atoms with van der Waals surface area (Å²) in [7, 11) is 1.16. The highest BCUT2D eigenvalue weighted by molar-refractivity contribution is 5.88. The van der Waals surface area contributed by atoms with E-state index in [1.54, 1.807) is 0 Å². The van der Waals surface area contributed by atoms with Crippen LogP contribution in [0.15, 0.2) is 29.0 Å². The molecule has 2 rings (SSSR count). The Kier molecular flexibility index (Phi) is 5.95. The normalized spacial score (nSPS) is 11.8. The van der Waals surface area contributed by atoms with Crippen molar-refractivity contribution in [3.05, 3.63) is 30.3 Å². The van der Waals surface area contributed by atoms with E-state index in [0.717, 1.165) is 13.4 Å². The molecule has 0 aromatic carbocycles. The zero-order valence-corrected chi connectivity index (χ0v) is 15.5. The monoisotopic (exact) mass is 401 g/mol. The van der Waals surface area contributed by atoms with Crippen LogP contribution in [0, 0.1) is 0 Å². The third kappa shape index (κ3) is 5.69. The van der Waals surface area contributed by atoms with E-state index < -0.39 is 30.4 Å². The number of halogens is 3. The molecule has 0 aliphatic carbocycles. The highest BCUT2D eigenvalue weighted by Crippen LogP contribution is 2.27. The van der Waals surface area contributed by atoms with Gasteiger partial charge in [0.05, 0.1) is 7.11 Å². The van der Waals surface area contributed by atoms with Crippen molar-refractivity contribution in [2.45, 2.75) is 32.5 Å². The number of amides is 1. The van der Waals surface area contributed by atoms with Gasteiger partial charge in [-0.25, -0.2) is 19.6 Å². The SMILES string of the molecule is COC(=O)c1coc(-c2ccnc(N(CC(F)(F)F)C(=O)OC(C)(C)C)c2)n1. The van der Waals surface area contributed by atoms with Crippen LogP contribution in [0.4, 0.5) is 23.8 Å². The maximum absolute atomic E-state index is 13.0. The Morgan fingerprint density at radius 3 is 2.50 bits per heavy atom. The van der Waals surface area contributed by atoms with Gasteiger partial charge in [-0.15, -0.1) is 0 Å². The standard InChI is InChI=1S/C17H18F3N3O5/c1-16(2,3)28-15(25)23(9-17(18,19)20)12-7-10(5-6-21-12)13-22-11(8-27-13)14(24)26-4/h5-8H,9H2,1-4H3. The van der Waals surface area contributed by atoms with Crippen LogP contribution in [-0.4, -0.2) is 47.5 Å². The van der Waals surface area contributed by atoms with Crippen molar-refractivity contribution in [1.29, 1.82) is 0 Å². The zero-order chi connectivity index (χ0) is 21.1. The second-order valence-electron chi connectivity index (χ2n) is 6.61. The molecule has 2 aromatic heterocycles. The van der Waals surface area contributed by atoms with Gasteiger partial charge in [0.15, 0.2) is 5.69 Å². The fraction of sp³-hybridized carbons (Fsp3) is 0.412. The molecule has 2 aromatic rings. The average Bonchev–Trinajstić information content (AvgIpc) is 3.07. The van der Waals surface area contributed by atoms with Crippen LogP contribution in [0.2, 0.25) is 0 Å². The Bertz CT molecular complexity index is 858. The predicted octanol–water partition coefficient (Wildman–Crippen LogP) is 3.83. The number of hydrogen-bond acceptors (Lipinski definition) is 7. The van der Waals surface area contributed by atoms with E-state index in [9.17, 15) is 22.8 Å².